The molecule has 1 unspecified atom stereocenters. The van der Waals surface area contributed by atoms with E-state index in [0.717, 1.165) is 5.56 Å². The van der Waals surface area contributed by atoms with E-state index < -0.39 is 6.10 Å². The molecule has 0 amide bonds. The number of aromatic nitrogens is 1. The minimum atomic E-state index is -0.640. The highest BCUT2D eigenvalue weighted by Gasteiger charge is 2.07. The minimum Gasteiger partial charge on any atom is -0.489 e. The number of hydrogen-bond donors (Lipinski definition) is 2. The number of aliphatic hydroxyl groups excluding tert-OH is 1. The van der Waals surface area contributed by atoms with Crippen molar-refractivity contribution < 1.29 is 9.84 Å². The van der Waals surface area contributed by atoms with Crippen molar-refractivity contribution in [2.45, 2.75) is 12.6 Å². The molecule has 0 radical (unpaired) electrons. The lowest BCUT2D eigenvalue weighted by molar-refractivity contribution is 0.106. The van der Waals surface area contributed by atoms with E-state index in [1.54, 1.807) is 36.7 Å². The molecule has 2 aromatic rings. The first-order valence-corrected chi connectivity index (χ1v) is 6.69. The van der Waals surface area contributed by atoms with Crippen molar-refractivity contribution in [3.05, 3.63) is 59.9 Å². The molecule has 0 saturated carbocycles. The number of rotatable bonds is 7. The first kappa shape index (κ1) is 15.0. The van der Waals surface area contributed by atoms with E-state index in [1.807, 2.05) is 12.1 Å². The second-order valence-corrected chi connectivity index (χ2v) is 4.56. The largest absolute Gasteiger partial charge is 0.489 e. The van der Waals surface area contributed by atoms with Crippen LogP contribution in [0.15, 0.2) is 48.8 Å². The summed E-state index contributed by atoms with van der Waals surface area (Å²) in [7, 11) is 0. The number of ether oxygens (including phenoxy) is 1. The van der Waals surface area contributed by atoms with Crippen LogP contribution in [0.4, 0.5) is 0 Å². The molecular formula is C16H17N3O2. The van der Waals surface area contributed by atoms with Gasteiger partial charge in [0, 0.05) is 25.5 Å². The fourth-order valence-electron chi connectivity index (χ4n) is 1.81. The van der Waals surface area contributed by atoms with E-state index in [-0.39, 0.29) is 6.61 Å². The summed E-state index contributed by atoms with van der Waals surface area (Å²) in [6, 6.07) is 12.9. The summed E-state index contributed by atoms with van der Waals surface area (Å²) in [6.07, 6.45) is 2.82. The zero-order chi connectivity index (χ0) is 14.9. The molecule has 0 aliphatic heterocycles. The Bertz CT molecular complexity index is 596. The van der Waals surface area contributed by atoms with Gasteiger partial charge in [-0.3, -0.25) is 4.98 Å². The zero-order valence-electron chi connectivity index (χ0n) is 11.6. The maximum Gasteiger partial charge on any atom is 0.137 e. The highest BCUT2D eigenvalue weighted by Crippen LogP contribution is 2.16. The number of nitrogens with zero attached hydrogens (tertiary/aromatic N) is 2. The monoisotopic (exact) mass is 283 g/mol. The van der Waals surface area contributed by atoms with Crippen LogP contribution in [0.2, 0.25) is 0 Å². The normalized spacial score (nSPS) is 11.6. The second-order valence-electron chi connectivity index (χ2n) is 4.56. The highest BCUT2D eigenvalue weighted by atomic mass is 16.5. The van der Waals surface area contributed by atoms with E-state index in [2.05, 4.69) is 16.4 Å². The third-order valence-corrected chi connectivity index (χ3v) is 2.90. The van der Waals surface area contributed by atoms with Gasteiger partial charge >= 0.3 is 0 Å². The SMILES string of the molecule is N#Cc1ccccc1OCC(O)CNCc1ccncc1. The van der Waals surface area contributed by atoms with Gasteiger partial charge in [0.05, 0.1) is 5.56 Å². The van der Waals surface area contributed by atoms with Gasteiger partial charge in [-0.25, -0.2) is 0 Å². The van der Waals surface area contributed by atoms with Gasteiger partial charge in [0.15, 0.2) is 0 Å². The lowest BCUT2D eigenvalue weighted by Crippen LogP contribution is -2.31. The predicted octanol–water partition coefficient (Wildman–Crippen LogP) is 1.48. The highest BCUT2D eigenvalue weighted by molar-refractivity contribution is 5.42. The summed E-state index contributed by atoms with van der Waals surface area (Å²) in [5.41, 5.74) is 1.57. The van der Waals surface area contributed by atoms with Crippen LogP contribution in [0.1, 0.15) is 11.1 Å². The fraction of sp³-hybridized carbons (Fsp3) is 0.250. The van der Waals surface area contributed by atoms with Crippen LogP contribution in [-0.4, -0.2) is 29.3 Å². The van der Waals surface area contributed by atoms with Crippen LogP contribution in [-0.2, 0) is 6.54 Å². The molecular weight excluding hydrogens is 266 g/mol. The summed E-state index contributed by atoms with van der Waals surface area (Å²) >= 11 is 0. The van der Waals surface area contributed by atoms with E-state index in [1.165, 1.54) is 0 Å². The van der Waals surface area contributed by atoms with Crippen molar-refractivity contribution in [2.75, 3.05) is 13.2 Å². The molecule has 1 aromatic heterocycles. The quantitative estimate of drug-likeness (QED) is 0.805. The topological polar surface area (TPSA) is 78.2 Å². The van der Waals surface area contributed by atoms with Crippen LogP contribution in [0.25, 0.3) is 0 Å². The summed E-state index contributed by atoms with van der Waals surface area (Å²) in [5.74, 6) is 0.494. The number of nitrogens with one attached hydrogen (secondary N) is 1. The van der Waals surface area contributed by atoms with Crippen LogP contribution >= 0.6 is 0 Å². The Balaban J connectivity index is 1.73. The third kappa shape index (κ3) is 4.88. The van der Waals surface area contributed by atoms with E-state index >= 15 is 0 Å². The maximum absolute atomic E-state index is 9.87. The number of nitriles is 1. The molecule has 2 rings (SSSR count). The van der Waals surface area contributed by atoms with Crippen molar-refractivity contribution in [3.63, 3.8) is 0 Å². The van der Waals surface area contributed by atoms with E-state index in [0.29, 0.717) is 24.4 Å². The summed E-state index contributed by atoms with van der Waals surface area (Å²) in [5, 5.41) is 22.0. The second kappa shape index (κ2) is 8.00. The summed E-state index contributed by atoms with van der Waals surface area (Å²) < 4.78 is 5.47. The Kier molecular flexibility index (Phi) is 5.71. The van der Waals surface area contributed by atoms with Crippen molar-refractivity contribution >= 4 is 0 Å². The molecule has 5 nitrogen and oxygen atoms in total. The molecule has 0 aliphatic carbocycles. The van der Waals surface area contributed by atoms with Crippen LogP contribution in [0.5, 0.6) is 5.75 Å². The number of pyridine rings is 1. The van der Waals surface area contributed by atoms with Gasteiger partial charge in [0.2, 0.25) is 0 Å². The van der Waals surface area contributed by atoms with Crippen molar-refractivity contribution in [1.29, 1.82) is 5.26 Å². The molecule has 0 bridgehead atoms. The molecule has 0 fully saturated rings. The predicted molar refractivity (Wildman–Crippen MR) is 78.6 cm³/mol. The Morgan fingerprint density at radius 2 is 2.00 bits per heavy atom. The summed E-state index contributed by atoms with van der Waals surface area (Å²) in [6.45, 7) is 1.22. The molecule has 0 saturated heterocycles. The Morgan fingerprint density at radius 1 is 1.24 bits per heavy atom. The van der Waals surface area contributed by atoms with E-state index in [9.17, 15) is 5.11 Å². The van der Waals surface area contributed by atoms with Crippen molar-refractivity contribution in [1.82, 2.24) is 10.3 Å². The number of hydrogen-bond acceptors (Lipinski definition) is 5. The smallest absolute Gasteiger partial charge is 0.137 e. The van der Waals surface area contributed by atoms with Crippen molar-refractivity contribution in [3.8, 4) is 11.8 Å². The molecule has 0 spiro atoms. The average molecular weight is 283 g/mol. The Morgan fingerprint density at radius 3 is 2.76 bits per heavy atom. The lowest BCUT2D eigenvalue weighted by atomic mass is 10.2. The minimum absolute atomic E-state index is 0.141. The molecule has 1 atom stereocenters. The molecule has 2 N–H and O–H groups in total. The number of aliphatic hydroxyl groups is 1. The molecule has 1 heterocycles. The number of para-hydroxylation sites is 1. The molecule has 5 heteroatoms. The molecule has 108 valence electrons. The Labute approximate surface area is 123 Å². The van der Waals surface area contributed by atoms with Crippen LogP contribution in [0, 0.1) is 11.3 Å². The molecule has 0 aliphatic rings. The molecule has 1 aromatic carbocycles. The van der Waals surface area contributed by atoms with Gasteiger partial charge in [-0.05, 0) is 29.8 Å². The van der Waals surface area contributed by atoms with Crippen LogP contribution < -0.4 is 10.1 Å². The standard InChI is InChI=1S/C16H17N3O2/c17-9-14-3-1-2-4-16(14)21-12-15(20)11-19-10-13-5-7-18-8-6-13/h1-8,15,19-20H,10-12H2. The van der Waals surface area contributed by atoms with Crippen molar-refractivity contribution in [2.24, 2.45) is 0 Å². The van der Waals surface area contributed by atoms with Gasteiger partial charge in [0.1, 0.15) is 24.5 Å². The first-order chi connectivity index (χ1) is 10.3. The Hall–Kier alpha value is -2.42. The summed E-state index contributed by atoms with van der Waals surface area (Å²) in [4.78, 5) is 3.94. The fourth-order valence-corrected chi connectivity index (χ4v) is 1.81. The van der Waals surface area contributed by atoms with Gasteiger partial charge in [-0.2, -0.15) is 5.26 Å². The third-order valence-electron chi connectivity index (χ3n) is 2.90. The van der Waals surface area contributed by atoms with Gasteiger partial charge in [-0.15, -0.1) is 0 Å². The zero-order valence-corrected chi connectivity index (χ0v) is 11.6. The van der Waals surface area contributed by atoms with Crippen LogP contribution in [0.3, 0.4) is 0 Å². The average Bonchev–Trinajstić information content (AvgIpc) is 2.54. The first-order valence-electron chi connectivity index (χ1n) is 6.69. The number of benzene rings is 1. The van der Waals surface area contributed by atoms with Gasteiger partial charge in [0.25, 0.3) is 0 Å². The maximum atomic E-state index is 9.87. The molecule has 21 heavy (non-hydrogen) atoms. The lowest BCUT2D eigenvalue weighted by Gasteiger charge is -2.14. The van der Waals surface area contributed by atoms with Gasteiger partial charge in [-0.1, -0.05) is 12.1 Å². The van der Waals surface area contributed by atoms with Gasteiger partial charge < -0.3 is 15.2 Å². The van der Waals surface area contributed by atoms with E-state index in [4.69, 9.17) is 10.00 Å².